The largest absolute Gasteiger partial charge is 0.353 e. The van der Waals surface area contributed by atoms with Crippen molar-refractivity contribution >= 4 is 45.1 Å². The lowest BCUT2D eigenvalue weighted by atomic mass is 9.75. The number of halogens is 2. The first-order valence-electron chi connectivity index (χ1n) is 9.94. The molecule has 1 aliphatic rings. The number of hydrogen-bond donors (Lipinski definition) is 0. The highest BCUT2D eigenvalue weighted by molar-refractivity contribution is 14.1. The molecule has 1 fully saturated rings. The molecule has 0 saturated carbocycles. The average molecular weight is 503 g/mol. The zero-order valence-electron chi connectivity index (χ0n) is 16.1. The molecule has 1 aliphatic heterocycles. The van der Waals surface area contributed by atoms with E-state index in [-0.39, 0.29) is 11.7 Å². The van der Waals surface area contributed by atoms with Crippen LogP contribution in [-0.4, -0.2) is 29.5 Å². The van der Waals surface area contributed by atoms with Crippen LogP contribution in [0.4, 0.5) is 0 Å². The molecule has 2 heterocycles. The predicted octanol–water partition coefficient (Wildman–Crippen LogP) is 6.27. The van der Waals surface area contributed by atoms with Crippen LogP contribution in [-0.2, 0) is 14.9 Å². The van der Waals surface area contributed by atoms with Gasteiger partial charge in [0.1, 0.15) is 0 Å². The standard InChI is InChI=1S/C21H28ClIN2O2/c1-3-10-21(11-4-2,14-27-18-7-5-6-12-26-18)19-16-13-15(23)8-9-17(16)24-20(22)25-19/h8-9,13,18H,3-7,10-12,14H2,1-2H3. The van der Waals surface area contributed by atoms with E-state index in [1.165, 1.54) is 9.99 Å². The molecule has 1 unspecified atom stereocenters. The molecule has 3 rings (SSSR count). The first-order chi connectivity index (χ1) is 13.1. The minimum absolute atomic E-state index is 0.101. The summed E-state index contributed by atoms with van der Waals surface area (Å²) >= 11 is 8.67. The number of benzene rings is 1. The fraction of sp³-hybridized carbons (Fsp3) is 0.619. The Hall–Kier alpha value is -0.500. The van der Waals surface area contributed by atoms with Crippen LogP contribution in [0.2, 0.25) is 5.28 Å². The Kier molecular flexibility index (Phi) is 7.71. The first-order valence-corrected chi connectivity index (χ1v) is 11.4. The summed E-state index contributed by atoms with van der Waals surface area (Å²) in [6.07, 6.45) is 7.28. The van der Waals surface area contributed by atoms with E-state index < -0.39 is 0 Å². The van der Waals surface area contributed by atoms with Crippen molar-refractivity contribution in [3.63, 3.8) is 0 Å². The summed E-state index contributed by atoms with van der Waals surface area (Å²) in [5.41, 5.74) is 1.74. The van der Waals surface area contributed by atoms with E-state index in [0.29, 0.717) is 11.9 Å². The molecule has 0 spiro atoms. The number of fused-ring (bicyclic) bond motifs is 1. The monoisotopic (exact) mass is 502 g/mol. The van der Waals surface area contributed by atoms with Gasteiger partial charge >= 0.3 is 0 Å². The molecule has 1 saturated heterocycles. The SMILES string of the molecule is CCCC(CCC)(COC1CCCCO1)c1nc(Cl)nc2ccc(I)cc12. The molecule has 0 N–H and O–H groups in total. The van der Waals surface area contributed by atoms with Crippen molar-refractivity contribution in [1.82, 2.24) is 9.97 Å². The molecule has 6 heteroatoms. The summed E-state index contributed by atoms with van der Waals surface area (Å²) < 4.78 is 13.3. The van der Waals surface area contributed by atoms with Crippen LogP contribution in [0.5, 0.6) is 0 Å². The van der Waals surface area contributed by atoms with E-state index in [9.17, 15) is 0 Å². The van der Waals surface area contributed by atoms with Crippen molar-refractivity contribution in [3.05, 3.63) is 32.7 Å². The molecular weight excluding hydrogens is 475 g/mol. The van der Waals surface area contributed by atoms with Crippen LogP contribution in [0, 0.1) is 3.57 Å². The summed E-state index contributed by atoms with van der Waals surface area (Å²) in [6.45, 7) is 5.83. The Morgan fingerprint density at radius 3 is 2.67 bits per heavy atom. The van der Waals surface area contributed by atoms with Crippen LogP contribution in [0.3, 0.4) is 0 Å². The van der Waals surface area contributed by atoms with Gasteiger partial charge in [0.2, 0.25) is 5.28 Å². The summed E-state index contributed by atoms with van der Waals surface area (Å²) in [6, 6.07) is 6.25. The van der Waals surface area contributed by atoms with Crippen LogP contribution >= 0.6 is 34.2 Å². The lowest BCUT2D eigenvalue weighted by Crippen LogP contribution is -2.36. The highest BCUT2D eigenvalue weighted by Gasteiger charge is 2.36. The maximum Gasteiger partial charge on any atom is 0.223 e. The molecule has 0 radical (unpaired) electrons. The Morgan fingerprint density at radius 1 is 1.22 bits per heavy atom. The van der Waals surface area contributed by atoms with Crippen molar-refractivity contribution in [2.75, 3.05) is 13.2 Å². The Balaban J connectivity index is 2.03. The number of rotatable bonds is 8. The minimum atomic E-state index is -0.181. The second-order valence-electron chi connectivity index (χ2n) is 7.39. The fourth-order valence-electron chi connectivity index (χ4n) is 4.10. The molecule has 1 aromatic carbocycles. The van der Waals surface area contributed by atoms with Crippen molar-refractivity contribution < 1.29 is 9.47 Å². The van der Waals surface area contributed by atoms with Crippen LogP contribution in [0.25, 0.3) is 10.9 Å². The number of ether oxygens (including phenoxy) is 2. The summed E-state index contributed by atoms with van der Waals surface area (Å²) in [4.78, 5) is 9.19. The topological polar surface area (TPSA) is 44.2 Å². The lowest BCUT2D eigenvalue weighted by Gasteiger charge is -2.36. The molecule has 2 aromatic rings. The van der Waals surface area contributed by atoms with Gasteiger partial charge in [0, 0.05) is 21.0 Å². The van der Waals surface area contributed by atoms with Crippen molar-refractivity contribution in [1.29, 1.82) is 0 Å². The quantitative estimate of drug-likeness (QED) is 0.315. The van der Waals surface area contributed by atoms with Gasteiger partial charge in [-0.05, 0) is 84.5 Å². The second-order valence-corrected chi connectivity index (χ2v) is 8.97. The van der Waals surface area contributed by atoms with E-state index in [4.69, 9.17) is 26.1 Å². The molecule has 27 heavy (non-hydrogen) atoms. The van der Waals surface area contributed by atoms with Gasteiger partial charge in [-0.25, -0.2) is 9.97 Å². The predicted molar refractivity (Wildman–Crippen MR) is 118 cm³/mol. The minimum Gasteiger partial charge on any atom is -0.353 e. The van der Waals surface area contributed by atoms with Gasteiger partial charge in [-0.2, -0.15) is 0 Å². The normalized spacial score (nSPS) is 18.1. The van der Waals surface area contributed by atoms with Crippen molar-refractivity contribution in [2.45, 2.75) is 70.5 Å². The first kappa shape index (κ1) is 21.2. The Labute approximate surface area is 180 Å². The van der Waals surface area contributed by atoms with Gasteiger partial charge in [-0.15, -0.1) is 0 Å². The zero-order chi connectivity index (χ0) is 19.3. The van der Waals surface area contributed by atoms with Gasteiger partial charge in [0.25, 0.3) is 0 Å². The van der Waals surface area contributed by atoms with Crippen molar-refractivity contribution in [3.8, 4) is 0 Å². The van der Waals surface area contributed by atoms with E-state index in [0.717, 1.165) is 61.7 Å². The maximum atomic E-state index is 6.33. The Morgan fingerprint density at radius 2 is 2.00 bits per heavy atom. The van der Waals surface area contributed by atoms with Gasteiger partial charge in [-0.3, -0.25) is 0 Å². The maximum absolute atomic E-state index is 6.33. The molecule has 4 nitrogen and oxygen atoms in total. The smallest absolute Gasteiger partial charge is 0.223 e. The van der Waals surface area contributed by atoms with Gasteiger partial charge in [0.15, 0.2) is 6.29 Å². The van der Waals surface area contributed by atoms with Gasteiger partial charge in [-0.1, -0.05) is 26.7 Å². The second kappa shape index (κ2) is 9.81. The van der Waals surface area contributed by atoms with Crippen LogP contribution in [0.1, 0.15) is 64.5 Å². The van der Waals surface area contributed by atoms with E-state index in [1.54, 1.807) is 0 Å². The third-order valence-corrected chi connectivity index (χ3v) is 6.11. The number of hydrogen-bond acceptors (Lipinski definition) is 4. The molecular formula is C21H28ClIN2O2. The summed E-state index contributed by atoms with van der Waals surface area (Å²) in [5.74, 6) is 0. The summed E-state index contributed by atoms with van der Waals surface area (Å²) in [5, 5.41) is 1.39. The molecule has 1 atom stereocenters. The Bertz CT molecular complexity index is 759. The summed E-state index contributed by atoms with van der Waals surface area (Å²) in [7, 11) is 0. The molecule has 0 aliphatic carbocycles. The van der Waals surface area contributed by atoms with E-state index in [2.05, 4.69) is 53.6 Å². The van der Waals surface area contributed by atoms with Crippen LogP contribution in [0.15, 0.2) is 18.2 Å². The van der Waals surface area contributed by atoms with E-state index in [1.807, 2.05) is 6.07 Å². The molecule has 1 aromatic heterocycles. The number of aromatic nitrogens is 2. The lowest BCUT2D eigenvalue weighted by molar-refractivity contribution is -0.173. The van der Waals surface area contributed by atoms with Gasteiger partial charge < -0.3 is 9.47 Å². The van der Waals surface area contributed by atoms with E-state index >= 15 is 0 Å². The number of nitrogens with zero attached hydrogens (tertiary/aromatic N) is 2. The van der Waals surface area contributed by atoms with Crippen LogP contribution < -0.4 is 0 Å². The third kappa shape index (κ3) is 5.11. The average Bonchev–Trinajstić information content (AvgIpc) is 2.67. The molecule has 0 bridgehead atoms. The van der Waals surface area contributed by atoms with Gasteiger partial charge in [0.05, 0.1) is 17.8 Å². The molecule has 148 valence electrons. The zero-order valence-corrected chi connectivity index (χ0v) is 19.1. The highest BCUT2D eigenvalue weighted by atomic mass is 127. The fourth-order valence-corrected chi connectivity index (χ4v) is 4.77. The van der Waals surface area contributed by atoms with Crippen molar-refractivity contribution in [2.24, 2.45) is 0 Å². The third-order valence-electron chi connectivity index (χ3n) is 5.27. The molecule has 0 amide bonds. The highest BCUT2D eigenvalue weighted by Crippen LogP contribution is 2.39.